The number of nitrogens with one attached hydrogen (secondary N) is 1. The molecule has 1 N–H and O–H groups in total. The van der Waals surface area contributed by atoms with Gasteiger partial charge in [0.25, 0.3) is 10.0 Å². The van der Waals surface area contributed by atoms with E-state index in [0.29, 0.717) is 18.8 Å². The van der Waals surface area contributed by atoms with Gasteiger partial charge in [0.1, 0.15) is 4.90 Å². The topological polar surface area (TPSA) is 67.2 Å². The minimum atomic E-state index is -4.58. The van der Waals surface area contributed by atoms with Crippen molar-refractivity contribution in [3.05, 3.63) is 35.7 Å². The van der Waals surface area contributed by atoms with Gasteiger partial charge in [0.2, 0.25) is 0 Å². The first-order valence-corrected chi connectivity index (χ1v) is 10.1. The summed E-state index contributed by atoms with van der Waals surface area (Å²) in [7, 11) is -2.45. The molecule has 148 valence electrons. The molecule has 2 aromatic rings. The average molecular weight is 402 g/mol. The number of anilines is 2. The van der Waals surface area contributed by atoms with Crippen LogP contribution in [0.2, 0.25) is 0 Å². The third-order valence-electron chi connectivity index (χ3n) is 4.73. The van der Waals surface area contributed by atoms with Crippen LogP contribution in [0.15, 0.2) is 29.3 Å². The lowest BCUT2D eigenvalue weighted by Gasteiger charge is -2.31. The standard InChI is InChI=1S/C17H21F3N4O2S/c1-12-16(11-21-23(12)2)27(25,26)22-13-6-7-15(14(10-13)17(18,19)20)24-8-4-3-5-9-24/h6-7,10-11,22H,3-5,8-9H2,1-2H3. The van der Waals surface area contributed by atoms with Crippen LogP contribution >= 0.6 is 0 Å². The number of hydrogen-bond acceptors (Lipinski definition) is 4. The molecule has 6 nitrogen and oxygen atoms in total. The van der Waals surface area contributed by atoms with E-state index >= 15 is 0 Å². The van der Waals surface area contributed by atoms with E-state index in [0.717, 1.165) is 25.3 Å². The number of nitrogens with zero attached hydrogens (tertiary/aromatic N) is 3. The second-order valence-corrected chi connectivity index (χ2v) is 8.25. The summed E-state index contributed by atoms with van der Waals surface area (Å²) in [6.45, 7) is 2.69. The van der Waals surface area contributed by atoms with Crippen molar-refractivity contribution in [3.63, 3.8) is 0 Å². The van der Waals surface area contributed by atoms with Crippen molar-refractivity contribution in [1.82, 2.24) is 9.78 Å². The Kier molecular flexibility index (Phi) is 5.11. The summed E-state index contributed by atoms with van der Waals surface area (Å²) in [5, 5.41) is 3.87. The Bertz CT molecular complexity index is 932. The first kappa shape index (κ1) is 19.5. The fourth-order valence-corrected chi connectivity index (χ4v) is 4.44. The van der Waals surface area contributed by atoms with Crippen LogP contribution in [0, 0.1) is 6.92 Å². The third-order valence-corrected chi connectivity index (χ3v) is 6.21. The van der Waals surface area contributed by atoms with Crippen LogP contribution in [0.25, 0.3) is 0 Å². The molecule has 0 atom stereocenters. The van der Waals surface area contributed by atoms with Crippen LogP contribution in [0.1, 0.15) is 30.5 Å². The molecule has 0 unspecified atom stereocenters. The fraction of sp³-hybridized carbons (Fsp3) is 0.471. The van der Waals surface area contributed by atoms with Crippen molar-refractivity contribution >= 4 is 21.4 Å². The monoisotopic (exact) mass is 402 g/mol. The van der Waals surface area contributed by atoms with Gasteiger partial charge < -0.3 is 4.90 Å². The number of aromatic nitrogens is 2. The highest BCUT2D eigenvalue weighted by Crippen LogP contribution is 2.39. The van der Waals surface area contributed by atoms with Crippen LogP contribution in [-0.4, -0.2) is 31.3 Å². The van der Waals surface area contributed by atoms with Crippen molar-refractivity contribution < 1.29 is 21.6 Å². The molecule has 0 bridgehead atoms. The molecule has 0 spiro atoms. The second kappa shape index (κ2) is 7.06. The zero-order valence-corrected chi connectivity index (χ0v) is 15.9. The van der Waals surface area contributed by atoms with Gasteiger partial charge in [-0.3, -0.25) is 9.40 Å². The Labute approximate surface area is 156 Å². The van der Waals surface area contributed by atoms with Gasteiger partial charge >= 0.3 is 6.18 Å². The molecule has 0 saturated carbocycles. The van der Waals surface area contributed by atoms with Gasteiger partial charge in [0.05, 0.1) is 17.5 Å². The smallest absolute Gasteiger partial charge is 0.371 e. The molecule has 27 heavy (non-hydrogen) atoms. The number of aryl methyl sites for hydroxylation is 1. The number of rotatable bonds is 4. The number of alkyl halides is 3. The molecule has 0 amide bonds. The largest absolute Gasteiger partial charge is 0.418 e. The summed E-state index contributed by atoms with van der Waals surface area (Å²) in [4.78, 5) is 1.63. The molecule has 1 aromatic carbocycles. The highest BCUT2D eigenvalue weighted by molar-refractivity contribution is 7.92. The molecule has 0 aliphatic carbocycles. The van der Waals surface area contributed by atoms with Crippen LogP contribution in [0.3, 0.4) is 0 Å². The van der Waals surface area contributed by atoms with Crippen LogP contribution in [0.5, 0.6) is 0 Å². The minimum absolute atomic E-state index is 0.0707. The number of sulfonamides is 1. The van der Waals surface area contributed by atoms with Gasteiger partial charge in [-0.1, -0.05) is 0 Å². The Hall–Kier alpha value is -2.23. The van der Waals surface area contributed by atoms with Gasteiger partial charge in [-0.25, -0.2) is 8.42 Å². The van der Waals surface area contributed by atoms with E-state index in [4.69, 9.17) is 0 Å². The van der Waals surface area contributed by atoms with E-state index in [-0.39, 0.29) is 16.3 Å². The molecular weight excluding hydrogens is 381 g/mol. The number of benzene rings is 1. The minimum Gasteiger partial charge on any atom is -0.371 e. The Morgan fingerprint density at radius 1 is 1.15 bits per heavy atom. The highest BCUT2D eigenvalue weighted by Gasteiger charge is 2.36. The Morgan fingerprint density at radius 2 is 1.81 bits per heavy atom. The summed E-state index contributed by atoms with van der Waals surface area (Å²) < 4.78 is 69.4. The zero-order chi connectivity index (χ0) is 19.8. The first-order chi connectivity index (χ1) is 12.6. The summed E-state index contributed by atoms with van der Waals surface area (Å²) in [6.07, 6.45) is -0.735. The summed E-state index contributed by atoms with van der Waals surface area (Å²) in [5.74, 6) is 0. The van der Waals surface area contributed by atoms with Gasteiger partial charge in [0.15, 0.2) is 0 Å². The molecule has 1 aromatic heterocycles. The van der Waals surface area contributed by atoms with Crippen LogP contribution in [-0.2, 0) is 23.2 Å². The summed E-state index contributed by atoms with van der Waals surface area (Å²) >= 11 is 0. The molecule has 1 aliphatic heterocycles. The molecule has 1 aliphatic rings. The van der Waals surface area contributed by atoms with Crippen molar-refractivity contribution in [2.75, 3.05) is 22.7 Å². The van der Waals surface area contributed by atoms with E-state index < -0.39 is 21.8 Å². The maximum absolute atomic E-state index is 13.6. The Balaban J connectivity index is 1.96. The molecular formula is C17H21F3N4O2S. The van der Waals surface area contributed by atoms with Crippen molar-refractivity contribution in [1.29, 1.82) is 0 Å². The highest BCUT2D eigenvalue weighted by atomic mass is 32.2. The zero-order valence-electron chi connectivity index (χ0n) is 15.0. The molecule has 1 fully saturated rings. The summed E-state index contributed by atoms with van der Waals surface area (Å²) in [6, 6.07) is 3.55. The number of halogens is 3. The van der Waals surface area contributed by atoms with Gasteiger partial charge in [-0.05, 0) is 44.4 Å². The normalized spacial score (nSPS) is 15.8. The molecule has 1 saturated heterocycles. The van der Waals surface area contributed by atoms with E-state index in [1.165, 1.54) is 23.0 Å². The predicted octanol–water partition coefficient (Wildman–Crippen LogP) is 3.54. The van der Waals surface area contributed by atoms with E-state index in [2.05, 4.69) is 9.82 Å². The average Bonchev–Trinajstić information content (AvgIpc) is 2.94. The molecule has 0 radical (unpaired) electrons. The summed E-state index contributed by atoms with van der Waals surface area (Å²) in [5.41, 5.74) is -0.495. The predicted molar refractivity (Wildman–Crippen MR) is 96.3 cm³/mol. The lowest BCUT2D eigenvalue weighted by atomic mass is 10.1. The van der Waals surface area contributed by atoms with Gasteiger partial charge in [-0.15, -0.1) is 0 Å². The quantitative estimate of drug-likeness (QED) is 0.850. The second-order valence-electron chi connectivity index (χ2n) is 6.60. The SMILES string of the molecule is Cc1c(S(=O)(=O)Nc2ccc(N3CCCCC3)c(C(F)(F)F)c2)cnn1C. The van der Waals surface area contributed by atoms with E-state index in [1.54, 1.807) is 18.9 Å². The van der Waals surface area contributed by atoms with Crippen molar-refractivity contribution in [2.45, 2.75) is 37.3 Å². The number of piperidine rings is 1. The number of hydrogen-bond donors (Lipinski definition) is 1. The molecule has 2 heterocycles. The van der Waals surface area contributed by atoms with E-state index in [9.17, 15) is 21.6 Å². The maximum Gasteiger partial charge on any atom is 0.418 e. The lowest BCUT2D eigenvalue weighted by Crippen LogP contribution is -2.31. The van der Waals surface area contributed by atoms with Crippen molar-refractivity contribution in [2.24, 2.45) is 7.05 Å². The third kappa shape index (κ3) is 4.05. The fourth-order valence-electron chi connectivity index (χ4n) is 3.19. The molecule has 10 heteroatoms. The first-order valence-electron chi connectivity index (χ1n) is 8.57. The van der Waals surface area contributed by atoms with Crippen molar-refractivity contribution in [3.8, 4) is 0 Å². The lowest BCUT2D eigenvalue weighted by molar-refractivity contribution is -0.137. The van der Waals surface area contributed by atoms with Crippen LogP contribution < -0.4 is 9.62 Å². The van der Waals surface area contributed by atoms with Gasteiger partial charge in [-0.2, -0.15) is 18.3 Å². The Morgan fingerprint density at radius 3 is 2.37 bits per heavy atom. The van der Waals surface area contributed by atoms with Crippen LogP contribution in [0.4, 0.5) is 24.5 Å². The van der Waals surface area contributed by atoms with E-state index in [1.807, 2.05) is 0 Å². The molecule has 3 rings (SSSR count). The van der Waals surface area contributed by atoms with Gasteiger partial charge in [0, 0.05) is 31.5 Å². The maximum atomic E-state index is 13.6.